The van der Waals surface area contributed by atoms with Gasteiger partial charge in [-0.3, -0.25) is 0 Å². The second kappa shape index (κ2) is 6.24. The molecular formula is C15H24N2O2S. The third kappa shape index (κ3) is 3.40. The van der Waals surface area contributed by atoms with Crippen molar-refractivity contribution in [1.82, 2.24) is 9.62 Å². The molecule has 1 fully saturated rings. The van der Waals surface area contributed by atoms with Crippen LogP contribution in [0.1, 0.15) is 32.3 Å². The minimum absolute atomic E-state index is 0.0382. The molecule has 1 aliphatic heterocycles. The van der Waals surface area contributed by atoms with E-state index < -0.39 is 10.0 Å². The summed E-state index contributed by atoms with van der Waals surface area (Å²) in [7, 11) is -3.41. The van der Waals surface area contributed by atoms with Crippen molar-refractivity contribution in [2.24, 2.45) is 0 Å². The van der Waals surface area contributed by atoms with Crippen LogP contribution in [0.3, 0.4) is 0 Å². The minimum Gasteiger partial charge on any atom is -0.313 e. The summed E-state index contributed by atoms with van der Waals surface area (Å²) in [4.78, 5) is 0.384. The molecule has 1 saturated heterocycles. The highest BCUT2D eigenvalue weighted by molar-refractivity contribution is 7.89. The van der Waals surface area contributed by atoms with Crippen molar-refractivity contribution >= 4 is 10.0 Å². The molecule has 1 aliphatic rings. The second-order valence-corrected chi connectivity index (χ2v) is 7.67. The van der Waals surface area contributed by atoms with E-state index in [0.29, 0.717) is 11.4 Å². The molecule has 1 N–H and O–H groups in total. The van der Waals surface area contributed by atoms with Gasteiger partial charge in [0.25, 0.3) is 0 Å². The third-order valence-electron chi connectivity index (χ3n) is 3.77. The number of rotatable bonds is 5. The quantitative estimate of drug-likeness (QED) is 0.905. The lowest BCUT2D eigenvalue weighted by Gasteiger charge is -2.28. The van der Waals surface area contributed by atoms with Crippen molar-refractivity contribution in [3.8, 4) is 0 Å². The molecule has 1 aromatic carbocycles. The highest BCUT2D eigenvalue weighted by Crippen LogP contribution is 2.20. The molecule has 0 bridgehead atoms. The van der Waals surface area contributed by atoms with E-state index in [1.54, 1.807) is 16.4 Å². The van der Waals surface area contributed by atoms with E-state index >= 15 is 0 Å². The monoisotopic (exact) mass is 296 g/mol. The number of sulfonamides is 1. The first-order valence-corrected chi connectivity index (χ1v) is 8.67. The molecule has 1 unspecified atom stereocenters. The van der Waals surface area contributed by atoms with Crippen molar-refractivity contribution in [2.45, 2.75) is 50.6 Å². The minimum atomic E-state index is -3.41. The Morgan fingerprint density at radius 1 is 1.30 bits per heavy atom. The summed E-state index contributed by atoms with van der Waals surface area (Å²) in [5.41, 5.74) is 1.07. The molecule has 1 aromatic rings. The fourth-order valence-corrected chi connectivity index (χ4v) is 4.24. The van der Waals surface area contributed by atoms with Gasteiger partial charge in [0.2, 0.25) is 10.0 Å². The van der Waals surface area contributed by atoms with Crippen LogP contribution in [0.2, 0.25) is 0 Å². The normalized spacial score (nSPS) is 19.9. The third-order valence-corrected chi connectivity index (χ3v) is 5.82. The molecule has 1 atom stereocenters. The lowest BCUT2D eigenvalue weighted by Crippen LogP contribution is -2.44. The van der Waals surface area contributed by atoms with Gasteiger partial charge in [-0.15, -0.1) is 0 Å². The number of benzene rings is 1. The molecule has 112 valence electrons. The van der Waals surface area contributed by atoms with Gasteiger partial charge in [0.15, 0.2) is 0 Å². The van der Waals surface area contributed by atoms with Gasteiger partial charge in [-0.25, -0.2) is 8.42 Å². The summed E-state index contributed by atoms with van der Waals surface area (Å²) >= 11 is 0. The lowest BCUT2D eigenvalue weighted by molar-refractivity contribution is 0.322. The van der Waals surface area contributed by atoms with E-state index in [4.69, 9.17) is 0 Å². The maximum atomic E-state index is 12.8. The van der Waals surface area contributed by atoms with Gasteiger partial charge in [0.05, 0.1) is 4.90 Å². The molecule has 0 aromatic heterocycles. The molecule has 0 radical (unpaired) electrons. The highest BCUT2D eigenvalue weighted by atomic mass is 32.2. The van der Waals surface area contributed by atoms with Gasteiger partial charge in [0, 0.05) is 18.6 Å². The fourth-order valence-electron chi connectivity index (χ4n) is 2.56. The predicted molar refractivity (Wildman–Crippen MR) is 81.2 cm³/mol. The first kappa shape index (κ1) is 15.5. The maximum absolute atomic E-state index is 12.8. The Hall–Kier alpha value is -0.910. The van der Waals surface area contributed by atoms with Crippen LogP contribution in [0.4, 0.5) is 0 Å². The number of aryl methyl sites for hydroxylation is 1. The molecule has 2 rings (SSSR count). The van der Waals surface area contributed by atoms with Crippen LogP contribution in [-0.2, 0) is 10.0 Å². The molecule has 20 heavy (non-hydrogen) atoms. The summed E-state index contributed by atoms with van der Waals surface area (Å²) in [5, 5.41) is 3.37. The lowest BCUT2D eigenvalue weighted by atomic mass is 10.2. The van der Waals surface area contributed by atoms with E-state index in [9.17, 15) is 8.42 Å². The topological polar surface area (TPSA) is 49.4 Å². The Morgan fingerprint density at radius 3 is 2.45 bits per heavy atom. The maximum Gasteiger partial charge on any atom is 0.243 e. The van der Waals surface area contributed by atoms with Crippen molar-refractivity contribution in [2.75, 3.05) is 13.1 Å². The van der Waals surface area contributed by atoms with Crippen molar-refractivity contribution in [3.05, 3.63) is 29.8 Å². The van der Waals surface area contributed by atoms with Gasteiger partial charge in [-0.2, -0.15) is 4.31 Å². The molecule has 4 nitrogen and oxygen atoms in total. The summed E-state index contributed by atoms with van der Waals surface area (Å²) in [6, 6.07) is 7.32. The molecule has 1 heterocycles. The zero-order valence-electron chi connectivity index (χ0n) is 12.5. The predicted octanol–water partition coefficient (Wildman–Crippen LogP) is 2.15. The smallest absolute Gasteiger partial charge is 0.243 e. The number of nitrogens with zero attached hydrogens (tertiary/aromatic N) is 1. The Balaban J connectivity index is 2.24. The average molecular weight is 296 g/mol. The summed E-state index contributed by atoms with van der Waals surface area (Å²) in [6.45, 7) is 7.36. The molecule has 0 saturated carbocycles. The highest BCUT2D eigenvalue weighted by Gasteiger charge is 2.30. The van der Waals surface area contributed by atoms with E-state index in [-0.39, 0.29) is 12.1 Å². The summed E-state index contributed by atoms with van der Waals surface area (Å²) in [5.74, 6) is 0. The Labute approximate surface area is 122 Å². The zero-order valence-corrected chi connectivity index (χ0v) is 13.3. The van der Waals surface area contributed by atoms with Crippen molar-refractivity contribution in [3.63, 3.8) is 0 Å². The zero-order chi connectivity index (χ0) is 14.8. The number of hydrogen-bond acceptors (Lipinski definition) is 3. The largest absolute Gasteiger partial charge is 0.313 e. The molecule has 0 aliphatic carbocycles. The van der Waals surface area contributed by atoms with Crippen LogP contribution in [0.15, 0.2) is 29.2 Å². The van der Waals surface area contributed by atoms with Gasteiger partial charge in [-0.1, -0.05) is 17.7 Å². The van der Waals surface area contributed by atoms with Gasteiger partial charge < -0.3 is 5.32 Å². The van der Waals surface area contributed by atoms with E-state index in [2.05, 4.69) is 5.32 Å². The molecular weight excluding hydrogens is 272 g/mol. The van der Waals surface area contributed by atoms with Crippen molar-refractivity contribution < 1.29 is 8.42 Å². The molecule has 0 amide bonds. The van der Waals surface area contributed by atoms with Crippen LogP contribution >= 0.6 is 0 Å². The van der Waals surface area contributed by atoms with Crippen LogP contribution in [-0.4, -0.2) is 37.9 Å². The first-order chi connectivity index (χ1) is 9.41. The van der Waals surface area contributed by atoms with E-state index in [1.165, 1.54) is 0 Å². The van der Waals surface area contributed by atoms with E-state index in [0.717, 1.165) is 24.9 Å². The van der Waals surface area contributed by atoms with Crippen LogP contribution in [0.25, 0.3) is 0 Å². The van der Waals surface area contributed by atoms with E-state index in [1.807, 2.05) is 32.9 Å². The molecule has 5 heteroatoms. The fraction of sp³-hybridized carbons (Fsp3) is 0.600. The van der Waals surface area contributed by atoms with Crippen LogP contribution < -0.4 is 5.32 Å². The molecule has 0 spiro atoms. The average Bonchev–Trinajstić information content (AvgIpc) is 2.89. The van der Waals surface area contributed by atoms with Gasteiger partial charge in [0.1, 0.15) is 0 Å². The number of nitrogens with one attached hydrogen (secondary N) is 1. The Kier molecular flexibility index (Phi) is 4.83. The van der Waals surface area contributed by atoms with Gasteiger partial charge in [-0.05, 0) is 52.3 Å². The summed E-state index contributed by atoms with van der Waals surface area (Å²) < 4.78 is 27.2. The second-order valence-electron chi connectivity index (χ2n) is 5.77. The standard InChI is InChI=1S/C15H24N2O2S/c1-12(2)17(11-14-5-4-10-16-14)20(18,19)15-8-6-13(3)7-9-15/h6-9,12,14,16H,4-5,10-11H2,1-3H3. The van der Waals surface area contributed by atoms with Gasteiger partial charge >= 0.3 is 0 Å². The Morgan fingerprint density at radius 2 is 1.95 bits per heavy atom. The van der Waals surface area contributed by atoms with Crippen molar-refractivity contribution in [1.29, 1.82) is 0 Å². The Bertz CT molecular complexity index is 531. The SMILES string of the molecule is Cc1ccc(S(=O)(=O)N(CC2CCCN2)C(C)C)cc1. The van der Waals surface area contributed by atoms with Crippen LogP contribution in [0.5, 0.6) is 0 Å². The van der Waals surface area contributed by atoms with Crippen LogP contribution in [0, 0.1) is 6.92 Å². The summed E-state index contributed by atoms with van der Waals surface area (Å²) in [6.07, 6.45) is 2.17. The first-order valence-electron chi connectivity index (χ1n) is 7.23. The number of hydrogen-bond donors (Lipinski definition) is 1.